The first-order chi connectivity index (χ1) is 14.4. The van der Waals surface area contributed by atoms with Crippen LogP contribution in [0.25, 0.3) is 5.76 Å². The number of carbonyl (C=O) groups is 2. The first kappa shape index (κ1) is 19.8. The van der Waals surface area contributed by atoms with Crippen molar-refractivity contribution >= 4 is 34.7 Å². The van der Waals surface area contributed by atoms with Gasteiger partial charge in [-0.2, -0.15) is 0 Å². The third-order valence-corrected chi connectivity index (χ3v) is 5.18. The van der Waals surface area contributed by atoms with E-state index in [1.54, 1.807) is 67.6 Å². The fraction of sp³-hybridized carbons (Fsp3) is 0.130. The summed E-state index contributed by atoms with van der Waals surface area (Å²) in [7, 11) is 1.50. The molecule has 1 unspecified atom stereocenters. The summed E-state index contributed by atoms with van der Waals surface area (Å²) in [5.74, 6) is -0.372. The number of aryl methyl sites for hydroxylation is 1. The number of methoxy groups -OCH3 is 1. The zero-order valence-electron chi connectivity index (χ0n) is 16.3. The lowest BCUT2D eigenvalue weighted by molar-refractivity contribution is -0.132. The van der Waals surface area contributed by atoms with Crippen LogP contribution in [0, 0.1) is 6.92 Å². The van der Waals surface area contributed by atoms with Gasteiger partial charge in [-0.15, -0.1) is 0 Å². The van der Waals surface area contributed by atoms with Crippen LogP contribution in [0.4, 0.5) is 5.69 Å². The smallest absolute Gasteiger partial charge is 0.300 e. The number of benzene rings is 2. The minimum atomic E-state index is -0.925. The highest BCUT2D eigenvalue weighted by atomic mass is 35.5. The van der Waals surface area contributed by atoms with Crippen LogP contribution in [-0.2, 0) is 9.59 Å². The van der Waals surface area contributed by atoms with E-state index in [-0.39, 0.29) is 11.3 Å². The van der Waals surface area contributed by atoms with Crippen molar-refractivity contribution in [3.8, 4) is 5.75 Å². The lowest BCUT2D eigenvalue weighted by Gasteiger charge is -2.23. The summed E-state index contributed by atoms with van der Waals surface area (Å²) in [5, 5.41) is 11.5. The topological polar surface area (TPSA) is 80.0 Å². The van der Waals surface area contributed by atoms with Gasteiger partial charge in [0, 0.05) is 16.3 Å². The normalized spacial score (nSPS) is 18.1. The lowest BCUT2D eigenvalue weighted by Crippen LogP contribution is -2.29. The summed E-state index contributed by atoms with van der Waals surface area (Å²) in [5.41, 5.74) is 0.763. The number of Topliss-reactive ketones (excluding diaryl/α,β-unsaturated/α-hetero) is 1. The molecular weight excluding hydrogens is 406 g/mol. The Hall–Kier alpha value is -3.51. The zero-order valence-corrected chi connectivity index (χ0v) is 17.0. The largest absolute Gasteiger partial charge is 0.507 e. The average Bonchev–Trinajstić information content (AvgIpc) is 3.29. The van der Waals surface area contributed by atoms with Crippen molar-refractivity contribution in [1.82, 2.24) is 0 Å². The maximum Gasteiger partial charge on any atom is 0.300 e. The number of hydrogen-bond acceptors (Lipinski definition) is 5. The quantitative estimate of drug-likeness (QED) is 0.367. The molecule has 0 bridgehead atoms. The van der Waals surface area contributed by atoms with E-state index < -0.39 is 17.7 Å². The van der Waals surface area contributed by atoms with Crippen molar-refractivity contribution in [2.75, 3.05) is 12.0 Å². The second kappa shape index (κ2) is 7.72. The SMILES string of the molecule is COc1cccc(/C(O)=C2/C(=O)C(=O)N(c3ccc(Cl)cc3)C2c2ccc(C)o2)c1. The van der Waals surface area contributed by atoms with E-state index in [4.69, 9.17) is 20.8 Å². The summed E-state index contributed by atoms with van der Waals surface area (Å²) in [6.07, 6.45) is 0. The Kier molecular flexibility index (Phi) is 5.10. The Morgan fingerprint density at radius 3 is 2.47 bits per heavy atom. The van der Waals surface area contributed by atoms with Gasteiger partial charge in [-0.3, -0.25) is 14.5 Å². The number of anilines is 1. The first-order valence-electron chi connectivity index (χ1n) is 9.18. The van der Waals surface area contributed by atoms with Crippen molar-refractivity contribution in [2.24, 2.45) is 0 Å². The molecule has 1 fully saturated rings. The summed E-state index contributed by atoms with van der Waals surface area (Å²) in [6, 6.07) is 15.7. The van der Waals surface area contributed by atoms with Gasteiger partial charge in [0.1, 0.15) is 29.1 Å². The zero-order chi connectivity index (χ0) is 21.4. The molecule has 0 saturated carbocycles. The van der Waals surface area contributed by atoms with Crippen LogP contribution >= 0.6 is 11.6 Å². The van der Waals surface area contributed by atoms with Crippen LogP contribution in [-0.4, -0.2) is 23.9 Å². The van der Waals surface area contributed by atoms with Gasteiger partial charge in [-0.05, 0) is 55.5 Å². The number of amides is 1. The summed E-state index contributed by atoms with van der Waals surface area (Å²) in [6.45, 7) is 1.76. The monoisotopic (exact) mass is 423 g/mol. The second-order valence-corrected chi connectivity index (χ2v) is 7.26. The first-order valence-corrected chi connectivity index (χ1v) is 9.56. The van der Waals surface area contributed by atoms with E-state index >= 15 is 0 Å². The summed E-state index contributed by atoms with van der Waals surface area (Å²) >= 11 is 5.98. The Labute approximate surface area is 177 Å². The highest BCUT2D eigenvalue weighted by molar-refractivity contribution is 6.51. The molecule has 1 amide bonds. The fourth-order valence-corrected chi connectivity index (χ4v) is 3.62. The molecule has 1 saturated heterocycles. The average molecular weight is 424 g/mol. The molecule has 1 aliphatic heterocycles. The predicted octanol–water partition coefficient (Wildman–Crippen LogP) is 4.88. The molecule has 1 N–H and O–H groups in total. The number of ketones is 1. The number of furan rings is 1. The molecule has 2 heterocycles. The maximum absolute atomic E-state index is 13.0. The number of aliphatic hydroxyl groups excluding tert-OH is 1. The molecule has 7 heteroatoms. The van der Waals surface area contributed by atoms with E-state index in [0.717, 1.165) is 0 Å². The Balaban J connectivity index is 1.93. The van der Waals surface area contributed by atoms with Gasteiger partial charge in [-0.1, -0.05) is 23.7 Å². The number of ether oxygens (including phenoxy) is 1. The molecule has 6 nitrogen and oxygen atoms in total. The number of rotatable bonds is 4. The Morgan fingerprint density at radius 2 is 1.83 bits per heavy atom. The van der Waals surface area contributed by atoms with Gasteiger partial charge in [0.15, 0.2) is 0 Å². The van der Waals surface area contributed by atoms with Crippen LogP contribution in [0.5, 0.6) is 5.75 Å². The van der Waals surface area contributed by atoms with Gasteiger partial charge in [0.2, 0.25) is 0 Å². The number of carbonyl (C=O) groups excluding carboxylic acids is 2. The molecule has 0 radical (unpaired) electrons. The molecule has 152 valence electrons. The van der Waals surface area contributed by atoms with E-state index in [0.29, 0.717) is 33.5 Å². The third kappa shape index (κ3) is 3.35. The van der Waals surface area contributed by atoms with Crippen LogP contribution < -0.4 is 9.64 Å². The van der Waals surface area contributed by atoms with Gasteiger partial charge in [-0.25, -0.2) is 0 Å². The second-order valence-electron chi connectivity index (χ2n) is 6.83. The fourth-order valence-electron chi connectivity index (χ4n) is 3.50. The van der Waals surface area contributed by atoms with Crippen molar-refractivity contribution < 1.29 is 23.8 Å². The Morgan fingerprint density at radius 1 is 1.10 bits per heavy atom. The summed E-state index contributed by atoms with van der Waals surface area (Å²) in [4.78, 5) is 27.3. The molecule has 1 atom stereocenters. The summed E-state index contributed by atoms with van der Waals surface area (Å²) < 4.78 is 11.0. The van der Waals surface area contributed by atoms with Crippen molar-refractivity contribution in [1.29, 1.82) is 0 Å². The number of aliphatic hydroxyl groups is 1. The molecule has 3 aromatic rings. The van der Waals surface area contributed by atoms with E-state index in [2.05, 4.69) is 0 Å². The molecule has 1 aliphatic rings. The third-order valence-electron chi connectivity index (χ3n) is 4.92. The van der Waals surface area contributed by atoms with Crippen molar-refractivity contribution in [3.05, 3.63) is 88.3 Å². The number of halogens is 1. The van der Waals surface area contributed by atoms with E-state index in [1.165, 1.54) is 12.0 Å². The van der Waals surface area contributed by atoms with E-state index in [9.17, 15) is 14.7 Å². The molecule has 0 spiro atoms. The minimum Gasteiger partial charge on any atom is -0.507 e. The maximum atomic E-state index is 13.0. The molecule has 30 heavy (non-hydrogen) atoms. The van der Waals surface area contributed by atoms with Crippen LogP contribution in [0.15, 0.2) is 70.7 Å². The molecule has 1 aromatic heterocycles. The highest BCUT2D eigenvalue weighted by Crippen LogP contribution is 2.43. The van der Waals surface area contributed by atoms with Crippen LogP contribution in [0.2, 0.25) is 5.02 Å². The lowest BCUT2D eigenvalue weighted by atomic mass is 9.99. The minimum absolute atomic E-state index is 0.0578. The van der Waals surface area contributed by atoms with Gasteiger partial charge >= 0.3 is 0 Å². The predicted molar refractivity (Wildman–Crippen MR) is 113 cm³/mol. The Bertz CT molecular complexity index is 1160. The van der Waals surface area contributed by atoms with Crippen molar-refractivity contribution in [3.63, 3.8) is 0 Å². The van der Waals surface area contributed by atoms with E-state index in [1.807, 2.05) is 0 Å². The highest BCUT2D eigenvalue weighted by Gasteiger charge is 2.48. The standard InChI is InChI=1S/C23H18ClNO5/c1-13-6-11-18(30-13)20-19(21(26)14-4-3-5-17(12-14)29-2)22(27)23(28)25(20)16-9-7-15(24)8-10-16/h3-12,20,26H,1-2H3/b21-19-. The van der Waals surface area contributed by atoms with Crippen LogP contribution in [0.1, 0.15) is 23.1 Å². The number of hydrogen-bond donors (Lipinski definition) is 1. The molecular formula is C23H18ClNO5. The molecule has 2 aromatic carbocycles. The molecule has 4 rings (SSSR count). The van der Waals surface area contributed by atoms with Gasteiger partial charge in [0.05, 0.1) is 12.7 Å². The van der Waals surface area contributed by atoms with Crippen molar-refractivity contribution in [2.45, 2.75) is 13.0 Å². The van der Waals surface area contributed by atoms with Crippen LogP contribution in [0.3, 0.4) is 0 Å². The number of nitrogens with zero attached hydrogens (tertiary/aromatic N) is 1. The van der Waals surface area contributed by atoms with Gasteiger partial charge in [0.25, 0.3) is 11.7 Å². The molecule has 0 aliphatic carbocycles. The van der Waals surface area contributed by atoms with Gasteiger partial charge < -0.3 is 14.3 Å².